The summed E-state index contributed by atoms with van der Waals surface area (Å²) in [6.45, 7) is 6.97. The van der Waals surface area contributed by atoms with E-state index in [0.717, 1.165) is 12.1 Å². The van der Waals surface area contributed by atoms with E-state index in [9.17, 15) is 18.0 Å². The standard InChI is InChI=1S/C16H21F3N2O2/c1-15(2,3)23-14(22)20-13-9-21(10-13)8-11-5-4-6-12(7-11)16(17,18)19/h4-7,13H,8-10H2,1-3H3,(H,20,22). The van der Waals surface area contributed by atoms with E-state index in [1.807, 2.05) is 4.90 Å². The average molecular weight is 330 g/mol. The number of nitrogens with zero attached hydrogens (tertiary/aromatic N) is 1. The highest BCUT2D eigenvalue weighted by molar-refractivity contribution is 5.68. The minimum atomic E-state index is -4.33. The maximum Gasteiger partial charge on any atom is 0.416 e. The van der Waals surface area contributed by atoms with Gasteiger partial charge in [0.15, 0.2) is 0 Å². The monoisotopic (exact) mass is 330 g/mol. The van der Waals surface area contributed by atoms with Crippen LogP contribution in [0.15, 0.2) is 24.3 Å². The predicted molar refractivity (Wildman–Crippen MR) is 79.9 cm³/mol. The van der Waals surface area contributed by atoms with E-state index < -0.39 is 23.4 Å². The van der Waals surface area contributed by atoms with Crippen LogP contribution in [0.2, 0.25) is 0 Å². The summed E-state index contributed by atoms with van der Waals surface area (Å²) in [6, 6.07) is 5.27. The maximum atomic E-state index is 12.7. The Morgan fingerprint density at radius 3 is 2.52 bits per heavy atom. The van der Waals surface area contributed by atoms with E-state index in [0.29, 0.717) is 25.2 Å². The van der Waals surface area contributed by atoms with E-state index in [-0.39, 0.29) is 6.04 Å². The molecular weight excluding hydrogens is 309 g/mol. The molecule has 1 heterocycles. The lowest BCUT2D eigenvalue weighted by Crippen LogP contribution is -2.59. The fraction of sp³-hybridized carbons (Fsp3) is 0.562. The fourth-order valence-electron chi connectivity index (χ4n) is 2.37. The van der Waals surface area contributed by atoms with E-state index in [1.165, 1.54) is 6.07 Å². The minimum Gasteiger partial charge on any atom is -0.444 e. The van der Waals surface area contributed by atoms with Crippen LogP contribution < -0.4 is 5.32 Å². The summed E-state index contributed by atoms with van der Waals surface area (Å²) < 4.78 is 43.2. The van der Waals surface area contributed by atoms with Gasteiger partial charge in [-0.3, -0.25) is 4.90 Å². The first kappa shape index (κ1) is 17.6. The molecular formula is C16H21F3N2O2. The molecule has 1 saturated heterocycles. The van der Waals surface area contributed by atoms with Crippen molar-refractivity contribution in [3.05, 3.63) is 35.4 Å². The second-order valence-electron chi connectivity index (χ2n) is 6.74. The quantitative estimate of drug-likeness (QED) is 0.923. The van der Waals surface area contributed by atoms with Crippen LogP contribution in [0.5, 0.6) is 0 Å². The van der Waals surface area contributed by atoms with Crippen molar-refractivity contribution in [3.63, 3.8) is 0 Å². The number of benzene rings is 1. The van der Waals surface area contributed by atoms with Gasteiger partial charge in [0.1, 0.15) is 5.60 Å². The molecule has 0 saturated carbocycles. The van der Waals surface area contributed by atoms with Gasteiger partial charge >= 0.3 is 12.3 Å². The Morgan fingerprint density at radius 1 is 1.30 bits per heavy atom. The molecule has 1 N–H and O–H groups in total. The molecule has 0 radical (unpaired) electrons. The molecule has 128 valence electrons. The number of ether oxygens (including phenoxy) is 1. The number of alkyl halides is 3. The Kier molecular flexibility index (Phi) is 4.89. The molecule has 1 aromatic carbocycles. The third-order valence-corrected chi connectivity index (χ3v) is 3.34. The van der Waals surface area contributed by atoms with Crippen LogP contribution in [-0.2, 0) is 17.5 Å². The number of rotatable bonds is 3. The number of carbonyl (C=O) groups is 1. The number of carbonyl (C=O) groups excluding carboxylic acids is 1. The van der Waals surface area contributed by atoms with E-state index in [1.54, 1.807) is 26.8 Å². The van der Waals surface area contributed by atoms with Crippen LogP contribution in [0.1, 0.15) is 31.9 Å². The highest BCUT2D eigenvalue weighted by atomic mass is 19.4. The van der Waals surface area contributed by atoms with Crippen LogP contribution >= 0.6 is 0 Å². The maximum absolute atomic E-state index is 12.7. The predicted octanol–water partition coefficient (Wildman–Crippen LogP) is 3.41. The van der Waals surface area contributed by atoms with Crippen molar-refractivity contribution in [1.82, 2.24) is 10.2 Å². The molecule has 0 spiro atoms. The Bertz CT molecular complexity index is 561. The third-order valence-electron chi connectivity index (χ3n) is 3.34. The summed E-state index contributed by atoms with van der Waals surface area (Å²) in [5, 5.41) is 2.74. The largest absolute Gasteiger partial charge is 0.444 e. The second kappa shape index (κ2) is 6.39. The lowest BCUT2D eigenvalue weighted by molar-refractivity contribution is -0.137. The molecule has 0 bridgehead atoms. The number of nitrogens with one attached hydrogen (secondary N) is 1. The number of halogens is 3. The lowest BCUT2D eigenvalue weighted by atomic mass is 10.1. The van der Waals surface area contributed by atoms with Gasteiger partial charge in [0.2, 0.25) is 0 Å². The molecule has 1 aliphatic rings. The molecule has 1 amide bonds. The third kappa shape index (κ3) is 5.42. The highest BCUT2D eigenvalue weighted by Gasteiger charge is 2.32. The zero-order valence-corrected chi connectivity index (χ0v) is 13.4. The Morgan fingerprint density at radius 2 is 1.96 bits per heavy atom. The number of hydrogen-bond acceptors (Lipinski definition) is 3. The van der Waals surface area contributed by atoms with Gasteiger partial charge in [-0.05, 0) is 32.4 Å². The van der Waals surface area contributed by atoms with E-state index >= 15 is 0 Å². The van der Waals surface area contributed by atoms with Crippen molar-refractivity contribution in [2.45, 2.75) is 45.1 Å². The lowest BCUT2D eigenvalue weighted by Gasteiger charge is -2.39. The van der Waals surface area contributed by atoms with Gasteiger partial charge in [-0.15, -0.1) is 0 Å². The number of hydrogen-bond donors (Lipinski definition) is 1. The van der Waals surface area contributed by atoms with Crippen LogP contribution in [0.25, 0.3) is 0 Å². The molecule has 0 unspecified atom stereocenters. The van der Waals surface area contributed by atoms with Crippen LogP contribution in [0.4, 0.5) is 18.0 Å². The van der Waals surface area contributed by atoms with Gasteiger partial charge in [0.25, 0.3) is 0 Å². The minimum absolute atomic E-state index is 0.0318. The highest BCUT2D eigenvalue weighted by Crippen LogP contribution is 2.30. The first-order valence-electron chi connectivity index (χ1n) is 7.41. The molecule has 4 nitrogen and oxygen atoms in total. The van der Waals surface area contributed by atoms with Gasteiger partial charge in [-0.25, -0.2) is 4.79 Å². The van der Waals surface area contributed by atoms with Crippen molar-refractivity contribution in [2.24, 2.45) is 0 Å². The fourth-order valence-corrected chi connectivity index (χ4v) is 2.37. The second-order valence-corrected chi connectivity index (χ2v) is 6.74. The number of amides is 1. The first-order valence-corrected chi connectivity index (χ1v) is 7.41. The summed E-state index contributed by atoms with van der Waals surface area (Å²) in [5.41, 5.74) is -0.583. The van der Waals surface area contributed by atoms with Gasteiger partial charge < -0.3 is 10.1 Å². The summed E-state index contributed by atoms with van der Waals surface area (Å²) in [4.78, 5) is 13.6. The topological polar surface area (TPSA) is 41.6 Å². The van der Waals surface area contributed by atoms with Crippen LogP contribution in [0, 0.1) is 0 Å². The van der Waals surface area contributed by atoms with E-state index in [2.05, 4.69) is 5.32 Å². The summed E-state index contributed by atoms with van der Waals surface area (Å²) in [7, 11) is 0. The van der Waals surface area contributed by atoms with Gasteiger partial charge in [0, 0.05) is 19.6 Å². The van der Waals surface area contributed by atoms with Gasteiger partial charge in [-0.1, -0.05) is 18.2 Å². The van der Waals surface area contributed by atoms with Crippen molar-refractivity contribution in [1.29, 1.82) is 0 Å². The molecule has 0 atom stereocenters. The van der Waals surface area contributed by atoms with E-state index in [4.69, 9.17) is 4.74 Å². The normalized spacial score (nSPS) is 16.8. The molecule has 1 aliphatic heterocycles. The molecule has 7 heteroatoms. The van der Waals surface area contributed by atoms with Gasteiger partial charge in [-0.2, -0.15) is 13.2 Å². The summed E-state index contributed by atoms with van der Waals surface area (Å²) in [5.74, 6) is 0. The van der Waals surface area contributed by atoms with Crippen molar-refractivity contribution in [3.8, 4) is 0 Å². The smallest absolute Gasteiger partial charge is 0.416 e. The van der Waals surface area contributed by atoms with Crippen molar-refractivity contribution >= 4 is 6.09 Å². The first-order chi connectivity index (χ1) is 10.5. The van der Waals surface area contributed by atoms with Crippen molar-refractivity contribution in [2.75, 3.05) is 13.1 Å². The molecule has 1 fully saturated rings. The molecule has 1 aromatic rings. The zero-order chi connectivity index (χ0) is 17.3. The SMILES string of the molecule is CC(C)(C)OC(=O)NC1CN(Cc2cccc(C(F)(F)F)c2)C1. The molecule has 2 rings (SSSR count). The number of likely N-dealkylation sites (tertiary alicyclic amines) is 1. The average Bonchev–Trinajstić information content (AvgIpc) is 2.33. The molecule has 0 aromatic heterocycles. The molecule has 23 heavy (non-hydrogen) atoms. The van der Waals surface area contributed by atoms with Crippen LogP contribution in [-0.4, -0.2) is 35.7 Å². The summed E-state index contributed by atoms with van der Waals surface area (Å²) in [6.07, 6.45) is -4.80. The summed E-state index contributed by atoms with van der Waals surface area (Å²) >= 11 is 0. The Hall–Kier alpha value is -1.76. The van der Waals surface area contributed by atoms with Crippen molar-refractivity contribution < 1.29 is 22.7 Å². The van der Waals surface area contributed by atoms with Crippen LogP contribution in [0.3, 0.4) is 0 Å². The van der Waals surface area contributed by atoms with Gasteiger partial charge in [0.05, 0.1) is 11.6 Å². The number of alkyl carbamates (subject to hydrolysis) is 1. The zero-order valence-electron chi connectivity index (χ0n) is 13.4. The Balaban J connectivity index is 1.79. The Labute approximate surface area is 133 Å². The molecule has 0 aliphatic carbocycles.